The molecule has 1 aliphatic carbocycles. The molecule has 1 atom stereocenters. The lowest BCUT2D eigenvalue weighted by atomic mass is 10.2. The predicted octanol–water partition coefficient (Wildman–Crippen LogP) is 0.919. The zero-order chi connectivity index (χ0) is 10.0. The molecule has 1 saturated carbocycles. The van der Waals surface area contributed by atoms with Gasteiger partial charge in [0.05, 0.1) is 4.99 Å². The van der Waals surface area contributed by atoms with Crippen LogP contribution in [-0.4, -0.2) is 28.9 Å². The Kier molecular flexibility index (Phi) is 3.25. The first-order valence-corrected chi connectivity index (χ1v) is 4.98. The van der Waals surface area contributed by atoms with Gasteiger partial charge in [-0.2, -0.15) is 0 Å². The van der Waals surface area contributed by atoms with Crippen molar-refractivity contribution in [1.82, 2.24) is 4.90 Å². The van der Waals surface area contributed by atoms with Gasteiger partial charge in [0.1, 0.15) is 0 Å². The summed E-state index contributed by atoms with van der Waals surface area (Å²) in [5.41, 5.74) is 5.42. The molecule has 4 heteroatoms. The van der Waals surface area contributed by atoms with E-state index in [0.717, 1.165) is 12.8 Å². The van der Waals surface area contributed by atoms with Crippen molar-refractivity contribution in [2.24, 2.45) is 11.7 Å². The fourth-order valence-electron chi connectivity index (χ4n) is 1.26. The Bertz CT molecular complexity index is 226. The third-order valence-electron chi connectivity index (χ3n) is 2.43. The summed E-state index contributed by atoms with van der Waals surface area (Å²) >= 11 is 4.80. The first-order chi connectivity index (χ1) is 6.02. The molecule has 1 rings (SSSR count). The minimum Gasteiger partial charge on any atom is -0.393 e. The van der Waals surface area contributed by atoms with Gasteiger partial charge >= 0.3 is 0 Å². The third-order valence-corrected chi connectivity index (χ3v) is 2.60. The first-order valence-electron chi connectivity index (χ1n) is 4.57. The molecule has 0 aromatic heterocycles. The maximum absolute atomic E-state index is 11.6. The monoisotopic (exact) mass is 200 g/mol. The molecule has 2 N–H and O–H groups in total. The van der Waals surface area contributed by atoms with Crippen molar-refractivity contribution in [3.05, 3.63) is 0 Å². The summed E-state index contributed by atoms with van der Waals surface area (Å²) in [5.74, 6) is 0.516. The molecule has 13 heavy (non-hydrogen) atoms. The van der Waals surface area contributed by atoms with Crippen molar-refractivity contribution in [3.63, 3.8) is 0 Å². The van der Waals surface area contributed by atoms with Crippen molar-refractivity contribution in [1.29, 1.82) is 0 Å². The van der Waals surface area contributed by atoms with E-state index in [9.17, 15) is 4.79 Å². The van der Waals surface area contributed by atoms with E-state index in [1.165, 1.54) is 0 Å². The van der Waals surface area contributed by atoms with E-state index < -0.39 is 0 Å². The average Bonchev–Trinajstić information content (AvgIpc) is 2.82. The lowest BCUT2D eigenvalue weighted by molar-refractivity contribution is -0.132. The quantitative estimate of drug-likeness (QED) is 0.686. The zero-order valence-corrected chi connectivity index (χ0v) is 8.93. The highest BCUT2D eigenvalue weighted by Crippen LogP contribution is 2.31. The summed E-state index contributed by atoms with van der Waals surface area (Å²) in [6.07, 6.45) is 2.70. The van der Waals surface area contributed by atoms with Crippen LogP contribution in [0.1, 0.15) is 26.2 Å². The van der Waals surface area contributed by atoms with E-state index in [1.54, 1.807) is 4.90 Å². The maximum atomic E-state index is 11.6. The Morgan fingerprint density at radius 2 is 2.23 bits per heavy atom. The summed E-state index contributed by atoms with van der Waals surface area (Å²) in [7, 11) is 1.82. The van der Waals surface area contributed by atoms with Crippen LogP contribution in [0.3, 0.4) is 0 Å². The fraction of sp³-hybridized carbons (Fsp3) is 0.778. The number of carbonyl (C=O) groups is 1. The van der Waals surface area contributed by atoms with Crippen LogP contribution >= 0.6 is 12.2 Å². The molecule has 0 aromatic carbocycles. The number of hydrogen-bond acceptors (Lipinski definition) is 2. The zero-order valence-electron chi connectivity index (χ0n) is 8.12. The van der Waals surface area contributed by atoms with E-state index in [0.29, 0.717) is 11.4 Å². The molecule has 3 nitrogen and oxygen atoms in total. The Labute approximate surface area is 84.3 Å². The number of rotatable bonds is 4. The molecule has 0 aromatic rings. The van der Waals surface area contributed by atoms with E-state index >= 15 is 0 Å². The van der Waals surface area contributed by atoms with Crippen LogP contribution in [0.15, 0.2) is 0 Å². The van der Waals surface area contributed by atoms with Crippen LogP contribution < -0.4 is 5.73 Å². The predicted molar refractivity (Wildman–Crippen MR) is 56.4 cm³/mol. The summed E-state index contributed by atoms with van der Waals surface area (Å²) < 4.78 is 0. The minimum atomic E-state index is 0.130. The Balaban J connectivity index is 2.40. The minimum absolute atomic E-state index is 0.130. The summed E-state index contributed by atoms with van der Waals surface area (Å²) in [5, 5.41) is 0. The highest BCUT2D eigenvalue weighted by Gasteiger charge is 2.33. The molecule has 0 radical (unpaired) electrons. The van der Waals surface area contributed by atoms with Gasteiger partial charge in [-0.3, -0.25) is 4.79 Å². The Morgan fingerprint density at radius 1 is 1.69 bits per heavy atom. The van der Waals surface area contributed by atoms with Crippen LogP contribution in [0, 0.1) is 5.92 Å². The van der Waals surface area contributed by atoms with Crippen LogP contribution in [-0.2, 0) is 4.79 Å². The number of carbonyl (C=O) groups excluding carboxylic acids is 1. The lowest BCUT2D eigenvalue weighted by Crippen LogP contribution is -2.38. The molecule has 0 bridgehead atoms. The largest absolute Gasteiger partial charge is 0.393 e. The van der Waals surface area contributed by atoms with Gasteiger partial charge in [0.15, 0.2) is 0 Å². The SMILES string of the molecule is CC(CC(N)=S)N(C)C(=O)C1CC1. The second-order valence-corrected chi connectivity index (χ2v) is 4.27. The molecule has 1 aliphatic rings. The second-order valence-electron chi connectivity index (χ2n) is 3.74. The van der Waals surface area contributed by atoms with Gasteiger partial charge in [-0.05, 0) is 19.8 Å². The van der Waals surface area contributed by atoms with Gasteiger partial charge in [0.25, 0.3) is 0 Å². The topological polar surface area (TPSA) is 46.3 Å². The van der Waals surface area contributed by atoms with Gasteiger partial charge in [-0.1, -0.05) is 12.2 Å². The molecule has 1 fully saturated rings. The van der Waals surface area contributed by atoms with Crippen molar-refractivity contribution in [3.8, 4) is 0 Å². The Morgan fingerprint density at radius 3 is 2.62 bits per heavy atom. The van der Waals surface area contributed by atoms with E-state index in [-0.39, 0.29) is 17.9 Å². The molecule has 1 amide bonds. The van der Waals surface area contributed by atoms with Crippen molar-refractivity contribution in [2.45, 2.75) is 32.2 Å². The number of nitrogens with two attached hydrogens (primary N) is 1. The van der Waals surface area contributed by atoms with Gasteiger partial charge in [0.2, 0.25) is 5.91 Å². The standard InChI is InChI=1S/C9H16N2OS/c1-6(5-8(10)13)11(2)9(12)7-3-4-7/h6-7H,3-5H2,1-2H3,(H2,10,13). The highest BCUT2D eigenvalue weighted by atomic mass is 32.1. The average molecular weight is 200 g/mol. The highest BCUT2D eigenvalue weighted by molar-refractivity contribution is 7.80. The summed E-state index contributed by atoms with van der Waals surface area (Å²) in [4.78, 5) is 13.8. The van der Waals surface area contributed by atoms with Crippen LogP contribution in [0.5, 0.6) is 0 Å². The molecule has 0 saturated heterocycles. The van der Waals surface area contributed by atoms with E-state index in [2.05, 4.69) is 0 Å². The normalized spacial score (nSPS) is 18.0. The van der Waals surface area contributed by atoms with Crippen LogP contribution in [0.4, 0.5) is 0 Å². The smallest absolute Gasteiger partial charge is 0.225 e. The number of hydrogen-bond donors (Lipinski definition) is 1. The molecular weight excluding hydrogens is 184 g/mol. The molecular formula is C9H16N2OS. The third kappa shape index (κ3) is 2.95. The van der Waals surface area contributed by atoms with Crippen LogP contribution in [0.2, 0.25) is 0 Å². The maximum Gasteiger partial charge on any atom is 0.225 e. The van der Waals surface area contributed by atoms with Gasteiger partial charge in [-0.25, -0.2) is 0 Å². The van der Waals surface area contributed by atoms with E-state index in [1.807, 2.05) is 14.0 Å². The van der Waals surface area contributed by atoms with E-state index in [4.69, 9.17) is 18.0 Å². The first kappa shape index (κ1) is 10.4. The Hall–Kier alpha value is -0.640. The summed E-state index contributed by atoms with van der Waals surface area (Å²) in [6, 6.07) is 0.130. The number of nitrogens with zero attached hydrogens (tertiary/aromatic N) is 1. The number of thiocarbonyl (C=S) groups is 1. The lowest BCUT2D eigenvalue weighted by Gasteiger charge is -2.24. The molecule has 0 spiro atoms. The molecule has 1 unspecified atom stereocenters. The van der Waals surface area contributed by atoms with Crippen molar-refractivity contribution in [2.75, 3.05) is 7.05 Å². The van der Waals surface area contributed by atoms with Gasteiger partial charge in [-0.15, -0.1) is 0 Å². The van der Waals surface area contributed by atoms with Gasteiger partial charge in [0, 0.05) is 25.4 Å². The fourth-order valence-corrected chi connectivity index (χ4v) is 1.50. The van der Waals surface area contributed by atoms with Crippen molar-refractivity contribution < 1.29 is 4.79 Å². The van der Waals surface area contributed by atoms with Gasteiger partial charge < -0.3 is 10.6 Å². The van der Waals surface area contributed by atoms with Crippen molar-refractivity contribution >= 4 is 23.1 Å². The van der Waals surface area contributed by atoms with Crippen LogP contribution in [0.25, 0.3) is 0 Å². The molecule has 74 valence electrons. The second kappa shape index (κ2) is 4.05. The molecule has 0 aliphatic heterocycles. The summed E-state index contributed by atoms with van der Waals surface area (Å²) in [6.45, 7) is 1.97. The number of amides is 1. The molecule has 0 heterocycles.